The number of rotatable bonds is 6. The van der Waals surface area contributed by atoms with Gasteiger partial charge in [-0.3, -0.25) is 4.79 Å². The van der Waals surface area contributed by atoms with E-state index in [4.69, 9.17) is 14.2 Å². The van der Waals surface area contributed by atoms with Gasteiger partial charge in [-0.2, -0.15) is 0 Å². The number of phenolic OH excluding ortho intramolecular Hbond substituents is 1. The lowest BCUT2D eigenvalue weighted by molar-refractivity contribution is 0.0991. The van der Waals surface area contributed by atoms with E-state index < -0.39 is 0 Å². The van der Waals surface area contributed by atoms with Gasteiger partial charge in [0, 0.05) is 17.5 Å². The number of benzene rings is 2. The maximum absolute atomic E-state index is 12.4. The standard InChI is InChI=1S/C17H18O5/c1-20-14-8-7-11(10-16(14)22-3)13(18)9-12-5-4-6-15(21-2)17(12)19/h4-8,10,19H,9H2,1-3H3. The molecule has 0 saturated heterocycles. The molecule has 2 rings (SSSR count). The highest BCUT2D eigenvalue weighted by molar-refractivity contribution is 5.98. The van der Waals surface area contributed by atoms with Crippen molar-refractivity contribution in [3.05, 3.63) is 47.5 Å². The van der Waals surface area contributed by atoms with Crippen LogP contribution in [0, 0.1) is 0 Å². The van der Waals surface area contributed by atoms with Gasteiger partial charge in [0.2, 0.25) is 0 Å². The fourth-order valence-corrected chi connectivity index (χ4v) is 2.16. The minimum Gasteiger partial charge on any atom is -0.504 e. The van der Waals surface area contributed by atoms with Crippen LogP contribution in [-0.2, 0) is 6.42 Å². The van der Waals surface area contributed by atoms with Crippen LogP contribution in [-0.4, -0.2) is 32.2 Å². The molecule has 0 radical (unpaired) electrons. The quantitative estimate of drug-likeness (QED) is 0.831. The van der Waals surface area contributed by atoms with Crippen molar-refractivity contribution >= 4 is 5.78 Å². The smallest absolute Gasteiger partial charge is 0.167 e. The van der Waals surface area contributed by atoms with Gasteiger partial charge in [0.15, 0.2) is 28.8 Å². The van der Waals surface area contributed by atoms with Crippen LogP contribution >= 0.6 is 0 Å². The molecule has 116 valence electrons. The molecule has 0 spiro atoms. The van der Waals surface area contributed by atoms with Crippen molar-refractivity contribution in [2.75, 3.05) is 21.3 Å². The van der Waals surface area contributed by atoms with Gasteiger partial charge in [0.05, 0.1) is 21.3 Å². The van der Waals surface area contributed by atoms with Crippen LogP contribution in [0.1, 0.15) is 15.9 Å². The second-order valence-electron chi connectivity index (χ2n) is 4.64. The molecule has 0 aliphatic heterocycles. The predicted octanol–water partition coefficient (Wildman–Crippen LogP) is 2.84. The van der Waals surface area contributed by atoms with Gasteiger partial charge in [-0.15, -0.1) is 0 Å². The lowest BCUT2D eigenvalue weighted by Gasteiger charge is -2.10. The number of ether oxygens (including phenoxy) is 3. The number of hydrogen-bond acceptors (Lipinski definition) is 5. The third kappa shape index (κ3) is 3.14. The van der Waals surface area contributed by atoms with Crippen LogP contribution in [0.5, 0.6) is 23.0 Å². The van der Waals surface area contributed by atoms with Gasteiger partial charge < -0.3 is 19.3 Å². The highest BCUT2D eigenvalue weighted by Gasteiger charge is 2.15. The lowest BCUT2D eigenvalue weighted by Crippen LogP contribution is -2.05. The first-order valence-corrected chi connectivity index (χ1v) is 6.70. The normalized spacial score (nSPS) is 10.1. The molecule has 22 heavy (non-hydrogen) atoms. The summed E-state index contributed by atoms with van der Waals surface area (Å²) in [6, 6.07) is 10.0. The minimum absolute atomic E-state index is 0.0150. The van der Waals surface area contributed by atoms with E-state index in [1.165, 1.54) is 21.3 Å². The Morgan fingerprint density at radius 1 is 0.955 bits per heavy atom. The first-order chi connectivity index (χ1) is 10.6. The molecule has 5 nitrogen and oxygen atoms in total. The van der Waals surface area contributed by atoms with Crippen LogP contribution in [0.15, 0.2) is 36.4 Å². The molecule has 0 atom stereocenters. The molecule has 2 aromatic rings. The molecule has 0 aliphatic rings. The van der Waals surface area contributed by atoms with Crippen LogP contribution in [0.25, 0.3) is 0 Å². The zero-order chi connectivity index (χ0) is 16.1. The third-order valence-electron chi connectivity index (χ3n) is 3.36. The summed E-state index contributed by atoms with van der Waals surface area (Å²) in [5, 5.41) is 10.0. The Hall–Kier alpha value is -2.69. The second kappa shape index (κ2) is 6.85. The number of para-hydroxylation sites is 1. The van der Waals surface area contributed by atoms with Gasteiger partial charge in [-0.1, -0.05) is 12.1 Å². The number of Topliss-reactive ketones (excluding diaryl/α,β-unsaturated/α-hetero) is 1. The molecule has 0 saturated carbocycles. The summed E-state index contributed by atoms with van der Waals surface area (Å²) in [4.78, 5) is 12.4. The summed E-state index contributed by atoms with van der Waals surface area (Å²) in [7, 11) is 4.52. The summed E-state index contributed by atoms with van der Waals surface area (Å²) in [5.41, 5.74) is 0.999. The Bertz CT molecular complexity index is 679. The Balaban J connectivity index is 2.26. The maximum Gasteiger partial charge on any atom is 0.167 e. The van der Waals surface area contributed by atoms with Crippen molar-refractivity contribution < 1.29 is 24.1 Å². The van der Waals surface area contributed by atoms with Gasteiger partial charge in [0.1, 0.15) is 0 Å². The van der Waals surface area contributed by atoms with Crippen LogP contribution in [0.2, 0.25) is 0 Å². The average Bonchev–Trinajstić information content (AvgIpc) is 2.55. The van der Waals surface area contributed by atoms with Crippen LogP contribution < -0.4 is 14.2 Å². The zero-order valence-electron chi connectivity index (χ0n) is 12.8. The van der Waals surface area contributed by atoms with Crippen molar-refractivity contribution in [2.45, 2.75) is 6.42 Å². The predicted molar refractivity (Wildman–Crippen MR) is 82.2 cm³/mol. The van der Waals surface area contributed by atoms with E-state index in [1.54, 1.807) is 36.4 Å². The number of aromatic hydroxyl groups is 1. The number of carbonyl (C=O) groups is 1. The van der Waals surface area contributed by atoms with E-state index in [-0.39, 0.29) is 18.0 Å². The maximum atomic E-state index is 12.4. The van der Waals surface area contributed by atoms with Crippen LogP contribution in [0.4, 0.5) is 0 Å². The Labute approximate surface area is 129 Å². The van der Waals surface area contributed by atoms with Crippen molar-refractivity contribution in [2.24, 2.45) is 0 Å². The third-order valence-corrected chi connectivity index (χ3v) is 3.36. The zero-order valence-corrected chi connectivity index (χ0v) is 12.8. The summed E-state index contributed by atoms with van der Waals surface area (Å²) in [6.45, 7) is 0. The van der Waals surface area contributed by atoms with E-state index in [0.29, 0.717) is 28.4 Å². The summed E-state index contributed by atoms with van der Waals surface area (Å²) < 4.78 is 15.4. The SMILES string of the molecule is COc1ccc(C(=O)Cc2cccc(OC)c2O)cc1OC. The summed E-state index contributed by atoms with van der Waals surface area (Å²) >= 11 is 0. The molecule has 0 fully saturated rings. The topological polar surface area (TPSA) is 65.0 Å². The largest absolute Gasteiger partial charge is 0.504 e. The van der Waals surface area contributed by atoms with Crippen LogP contribution in [0.3, 0.4) is 0 Å². The summed E-state index contributed by atoms with van der Waals surface area (Å²) in [6.07, 6.45) is 0.0680. The van der Waals surface area contributed by atoms with Gasteiger partial charge >= 0.3 is 0 Å². The van der Waals surface area contributed by atoms with E-state index in [1.807, 2.05) is 0 Å². The fraction of sp³-hybridized carbons (Fsp3) is 0.235. The number of carbonyl (C=O) groups excluding carboxylic acids is 1. The Morgan fingerprint density at radius 3 is 2.27 bits per heavy atom. The molecule has 0 unspecified atom stereocenters. The molecular formula is C17H18O5. The monoisotopic (exact) mass is 302 g/mol. The molecule has 5 heteroatoms. The van der Waals surface area contributed by atoms with E-state index in [9.17, 15) is 9.90 Å². The molecule has 0 aliphatic carbocycles. The highest BCUT2D eigenvalue weighted by Crippen LogP contribution is 2.31. The lowest BCUT2D eigenvalue weighted by atomic mass is 10.0. The molecule has 0 bridgehead atoms. The fourth-order valence-electron chi connectivity index (χ4n) is 2.16. The number of hydrogen-bond donors (Lipinski definition) is 1. The number of phenols is 1. The van der Waals surface area contributed by atoms with Gasteiger partial charge in [0.25, 0.3) is 0 Å². The molecule has 0 aromatic heterocycles. The average molecular weight is 302 g/mol. The van der Waals surface area contributed by atoms with Gasteiger partial charge in [-0.05, 0) is 24.3 Å². The van der Waals surface area contributed by atoms with Crippen molar-refractivity contribution in [1.29, 1.82) is 0 Å². The van der Waals surface area contributed by atoms with Crippen molar-refractivity contribution in [1.82, 2.24) is 0 Å². The molecule has 2 aromatic carbocycles. The first kappa shape index (κ1) is 15.7. The van der Waals surface area contributed by atoms with Crippen molar-refractivity contribution in [3.8, 4) is 23.0 Å². The second-order valence-corrected chi connectivity index (χ2v) is 4.64. The Kier molecular flexibility index (Phi) is 4.88. The molecule has 0 heterocycles. The summed E-state index contributed by atoms with van der Waals surface area (Å²) in [5.74, 6) is 1.24. The van der Waals surface area contributed by atoms with E-state index >= 15 is 0 Å². The van der Waals surface area contributed by atoms with E-state index in [0.717, 1.165) is 0 Å². The van der Waals surface area contributed by atoms with E-state index in [2.05, 4.69) is 0 Å². The minimum atomic E-state index is -0.135. The van der Waals surface area contributed by atoms with Gasteiger partial charge in [-0.25, -0.2) is 0 Å². The number of ketones is 1. The Morgan fingerprint density at radius 2 is 1.64 bits per heavy atom. The first-order valence-electron chi connectivity index (χ1n) is 6.70. The number of methoxy groups -OCH3 is 3. The van der Waals surface area contributed by atoms with Crippen molar-refractivity contribution in [3.63, 3.8) is 0 Å². The molecule has 0 amide bonds. The molecular weight excluding hydrogens is 284 g/mol. The highest BCUT2D eigenvalue weighted by atomic mass is 16.5. The molecule has 1 N–H and O–H groups in total.